The molecule has 0 saturated carbocycles. The summed E-state index contributed by atoms with van der Waals surface area (Å²) in [6.45, 7) is 10.0. The molecule has 2 aromatic rings. The fourth-order valence-corrected chi connectivity index (χ4v) is 2.52. The van der Waals surface area contributed by atoms with E-state index in [1.54, 1.807) is 19.4 Å². The molecule has 1 aromatic carbocycles. The van der Waals surface area contributed by atoms with Gasteiger partial charge in [0.15, 0.2) is 11.5 Å². The second kappa shape index (κ2) is 9.82. The molecule has 140 valence electrons. The van der Waals surface area contributed by atoms with Gasteiger partial charge in [-0.1, -0.05) is 26.5 Å². The number of hydrogen-bond acceptors (Lipinski definition) is 5. The Morgan fingerprint density at radius 1 is 1.23 bits per heavy atom. The zero-order valence-corrected chi connectivity index (χ0v) is 15.9. The molecule has 0 spiro atoms. The summed E-state index contributed by atoms with van der Waals surface area (Å²) in [5.41, 5.74) is 8.06. The Balaban J connectivity index is 1.96. The summed E-state index contributed by atoms with van der Waals surface area (Å²) >= 11 is 0. The Labute approximate surface area is 156 Å². The molecule has 0 radical (unpaired) electrons. The molecule has 0 aliphatic carbocycles. The molecule has 1 heterocycles. The lowest BCUT2D eigenvalue weighted by Gasteiger charge is -2.12. The molecule has 26 heavy (non-hydrogen) atoms. The van der Waals surface area contributed by atoms with Crippen molar-refractivity contribution in [1.29, 1.82) is 0 Å². The summed E-state index contributed by atoms with van der Waals surface area (Å²) < 4.78 is 11.3. The minimum atomic E-state index is 0.479. The van der Waals surface area contributed by atoms with Crippen LogP contribution in [0.25, 0.3) is 5.70 Å². The topological polar surface area (TPSA) is 69.4 Å². The van der Waals surface area contributed by atoms with Gasteiger partial charge in [-0.2, -0.15) is 0 Å². The van der Waals surface area contributed by atoms with Gasteiger partial charge in [-0.05, 0) is 49.1 Å². The van der Waals surface area contributed by atoms with Crippen LogP contribution in [0, 0.1) is 5.92 Å². The van der Waals surface area contributed by atoms with Crippen molar-refractivity contribution < 1.29 is 9.47 Å². The van der Waals surface area contributed by atoms with E-state index >= 15 is 0 Å². The normalized spacial score (nSPS) is 10.8. The number of hydrogen-bond donors (Lipinski definition) is 2. The number of nitrogens with zero attached hydrogens (tertiary/aromatic N) is 1. The van der Waals surface area contributed by atoms with E-state index in [2.05, 4.69) is 30.7 Å². The van der Waals surface area contributed by atoms with Gasteiger partial charge >= 0.3 is 0 Å². The number of methoxy groups -OCH3 is 1. The quantitative estimate of drug-likeness (QED) is 0.621. The van der Waals surface area contributed by atoms with Crippen LogP contribution in [0.2, 0.25) is 0 Å². The van der Waals surface area contributed by atoms with Crippen LogP contribution in [0.1, 0.15) is 37.8 Å². The lowest BCUT2D eigenvalue weighted by atomic mass is 10.1. The van der Waals surface area contributed by atoms with Gasteiger partial charge in [0.25, 0.3) is 0 Å². The monoisotopic (exact) mass is 355 g/mol. The zero-order chi connectivity index (χ0) is 18.9. The van der Waals surface area contributed by atoms with E-state index in [0.29, 0.717) is 23.1 Å². The molecule has 2 rings (SSSR count). The molecule has 5 heteroatoms. The van der Waals surface area contributed by atoms with Crippen LogP contribution < -0.4 is 20.5 Å². The molecule has 0 atom stereocenters. The predicted octanol–water partition coefficient (Wildman–Crippen LogP) is 4.34. The molecule has 0 saturated heterocycles. The summed E-state index contributed by atoms with van der Waals surface area (Å²) in [6.07, 6.45) is 4.07. The average Bonchev–Trinajstić information content (AvgIpc) is 2.62. The summed E-state index contributed by atoms with van der Waals surface area (Å²) in [7, 11) is 1.64. The fourth-order valence-electron chi connectivity index (χ4n) is 2.52. The first kappa shape index (κ1) is 19.8. The number of nitrogens with two attached hydrogens (primary N) is 1. The van der Waals surface area contributed by atoms with Crippen molar-refractivity contribution in [2.24, 2.45) is 11.7 Å². The van der Waals surface area contributed by atoms with Crippen LogP contribution in [-0.4, -0.2) is 18.6 Å². The van der Waals surface area contributed by atoms with E-state index < -0.39 is 0 Å². The highest BCUT2D eigenvalue weighted by molar-refractivity contribution is 5.59. The van der Waals surface area contributed by atoms with E-state index in [0.717, 1.165) is 30.1 Å². The lowest BCUT2D eigenvalue weighted by molar-refractivity contribution is 0.373. The van der Waals surface area contributed by atoms with Crippen LogP contribution >= 0.6 is 0 Å². The van der Waals surface area contributed by atoms with Crippen LogP contribution in [0.15, 0.2) is 43.1 Å². The van der Waals surface area contributed by atoms with Crippen LogP contribution in [-0.2, 0) is 6.54 Å². The first-order valence-electron chi connectivity index (χ1n) is 8.96. The number of rotatable bonds is 10. The fraction of sp³-hybridized carbons (Fsp3) is 0.381. The van der Waals surface area contributed by atoms with Crippen molar-refractivity contribution in [2.75, 3.05) is 13.7 Å². The highest BCUT2D eigenvalue weighted by Crippen LogP contribution is 2.31. The molecule has 3 N–H and O–H groups in total. The standard InChI is InChI=1S/C21H29N3O2/c1-15(2)6-5-11-23-13-17-7-9-19(20(12-17)25-4)26-21-10-8-18(14-24-21)16(3)22/h7-10,12,14-15,23H,3,5-6,11,13,22H2,1-2,4H3. The van der Waals surface area contributed by atoms with Gasteiger partial charge in [0.2, 0.25) is 5.88 Å². The highest BCUT2D eigenvalue weighted by Gasteiger charge is 2.08. The van der Waals surface area contributed by atoms with Gasteiger partial charge in [-0.15, -0.1) is 0 Å². The van der Waals surface area contributed by atoms with E-state index in [1.165, 1.54) is 12.8 Å². The van der Waals surface area contributed by atoms with Crippen LogP contribution in [0.5, 0.6) is 17.4 Å². The van der Waals surface area contributed by atoms with Crippen molar-refractivity contribution in [3.63, 3.8) is 0 Å². The number of benzene rings is 1. The van der Waals surface area contributed by atoms with E-state index in [1.807, 2.05) is 24.3 Å². The Kier molecular flexibility index (Phi) is 7.48. The zero-order valence-electron chi connectivity index (χ0n) is 15.9. The average molecular weight is 355 g/mol. The van der Waals surface area contributed by atoms with Gasteiger partial charge in [-0.25, -0.2) is 4.98 Å². The molecular formula is C21H29N3O2. The van der Waals surface area contributed by atoms with Gasteiger partial charge in [-0.3, -0.25) is 0 Å². The van der Waals surface area contributed by atoms with Crippen molar-refractivity contribution >= 4 is 5.70 Å². The third-order valence-corrected chi connectivity index (χ3v) is 4.01. The molecule has 0 fully saturated rings. The van der Waals surface area contributed by atoms with Crippen molar-refractivity contribution in [1.82, 2.24) is 10.3 Å². The smallest absolute Gasteiger partial charge is 0.219 e. The molecule has 0 unspecified atom stereocenters. The summed E-state index contributed by atoms with van der Waals surface area (Å²) in [5, 5.41) is 3.47. The van der Waals surface area contributed by atoms with Crippen molar-refractivity contribution in [2.45, 2.75) is 33.2 Å². The Bertz CT molecular complexity index is 712. The summed E-state index contributed by atoms with van der Waals surface area (Å²) in [5.74, 6) is 2.54. The molecule has 0 aliphatic heterocycles. The molecule has 0 amide bonds. The molecular weight excluding hydrogens is 326 g/mol. The van der Waals surface area contributed by atoms with Crippen LogP contribution in [0.3, 0.4) is 0 Å². The number of aromatic nitrogens is 1. The van der Waals surface area contributed by atoms with Gasteiger partial charge < -0.3 is 20.5 Å². The highest BCUT2D eigenvalue weighted by atomic mass is 16.5. The second-order valence-electron chi connectivity index (χ2n) is 6.71. The Morgan fingerprint density at radius 3 is 2.65 bits per heavy atom. The molecule has 5 nitrogen and oxygen atoms in total. The maximum Gasteiger partial charge on any atom is 0.219 e. The maximum absolute atomic E-state index is 5.83. The number of pyridine rings is 1. The minimum Gasteiger partial charge on any atom is -0.493 e. The third kappa shape index (κ3) is 6.08. The first-order valence-corrected chi connectivity index (χ1v) is 8.96. The van der Waals surface area contributed by atoms with E-state index in [9.17, 15) is 0 Å². The Morgan fingerprint density at radius 2 is 2.04 bits per heavy atom. The summed E-state index contributed by atoms with van der Waals surface area (Å²) in [4.78, 5) is 4.25. The SMILES string of the molecule is C=C(N)c1ccc(Oc2ccc(CNCCCC(C)C)cc2OC)nc1. The van der Waals surface area contributed by atoms with E-state index in [4.69, 9.17) is 15.2 Å². The lowest BCUT2D eigenvalue weighted by Crippen LogP contribution is -2.15. The molecule has 0 aliphatic rings. The van der Waals surface area contributed by atoms with Gasteiger partial charge in [0.05, 0.1) is 7.11 Å². The predicted molar refractivity (Wildman–Crippen MR) is 106 cm³/mol. The maximum atomic E-state index is 5.83. The second-order valence-corrected chi connectivity index (χ2v) is 6.71. The number of nitrogens with one attached hydrogen (secondary N) is 1. The van der Waals surface area contributed by atoms with E-state index in [-0.39, 0.29) is 0 Å². The van der Waals surface area contributed by atoms with Gasteiger partial charge in [0.1, 0.15) is 0 Å². The third-order valence-electron chi connectivity index (χ3n) is 4.01. The van der Waals surface area contributed by atoms with Crippen LogP contribution in [0.4, 0.5) is 0 Å². The van der Waals surface area contributed by atoms with Gasteiger partial charge in [0, 0.05) is 30.1 Å². The van der Waals surface area contributed by atoms with Crippen molar-refractivity contribution in [3.8, 4) is 17.4 Å². The Hall–Kier alpha value is -2.53. The summed E-state index contributed by atoms with van der Waals surface area (Å²) in [6, 6.07) is 9.51. The number of ether oxygens (including phenoxy) is 2. The largest absolute Gasteiger partial charge is 0.493 e. The van der Waals surface area contributed by atoms with Crippen molar-refractivity contribution in [3.05, 3.63) is 54.2 Å². The minimum absolute atomic E-state index is 0.479. The first-order chi connectivity index (χ1) is 12.5. The molecule has 0 bridgehead atoms. The molecule has 1 aromatic heterocycles.